The SMILES string of the molecule is CC1C2=CC3CC4(CCC4)CC(=O)C3C(c3ccc(F)cc3)C2(C)C(=O)c2ccc(C(F)(F)F)cc21. The molecule has 0 bridgehead atoms. The molecule has 0 radical (unpaired) electrons. The molecule has 0 aliphatic heterocycles. The van der Waals surface area contributed by atoms with Crippen LogP contribution in [0.25, 0.3) is 0 Å². The van der Waals surface area contributed by atoms with Crippen LogP contribution < -0.4 is 0 Å². The van der Waals surface area contributed by atoms with Gasteiger partial charge in [-0.05, 0) is 72.9 Å². The Bertz CT molecular complexity index is 1300. The smallest absolute Gasteiger partial charge is 0.299 e. The van der Waals surface area contributed by atoms with Crippen molar-refractivity contribution in [3.05, 3.63) is 82.2 Å². The van der Waals surface area contributed by atoms with Crippen molar-refractivity contribution < 1.29 is 27.2 Å². The number of carbonyl (C=O) groups is 2. The summed E-state index contributed by atoms with van der Waals surface area (Å²) in [6.07, 6.45) is 2.02. The largest absolute Gasteiger partial charge is 0.416 e. The van der Waals surface area contributed by atoms with Gasteiger partial charge in [0.2, 0.25) is 0 Å². The zero-order valence-electron chi connectivity index (χ0n) is 20.3. The van der Waals surface area contributed by atoms with E-state index in [0.717, 1.165) is 49.0 Å². The third kappa shape index (κ3) is 3.22. The van der Waals surface area contributed by atoms with Gasteiger partial charge in [-0.15, -0.1) is 0 Å². The summed E-state index contributed by atoms with van der Waals surface area (Å²) in [6.45, 7) is 3.70. The standard InChI is InChI=1S/C30H28F4O2/c1-16-22-13-19(30(32,33)34)6-9-21(22)27(36)28(2)23(16)12-18-14-29(10-3-11-29)15-24(35)25(18)26(28)17-4-7-20(31)8-5-17/h4-9,12-13,16,18,25-26H,3,10-11,14-15H2,1-2H3. The van der Waals surface area contributed by atoms with Crippen LogP contribution in [-0.2, 0) is 11.0 Å². The number of hydrogen-bond donors (Lipinski definition) is 0. The Balaban J connectivity index is 1.56. The van der Waals surface area contributed by atoms with Crippen LogP contribution in [0.3, 0.4) is 0 Å². The Hall–Kier alpha value is -2.76. The zero-order chi connectivity index (χ0) is 25.6. The van der Waals surface area contributed by atoms with E-state index in [-0.39, 0.29) is 28.5 Å². The first-order valence-electron chi connectivity index (χ1n) is 12.7. The lowest BCUT2D eigenvalue weighted by Crippen LogP contribution is -2.54. The van der Waals surface area contributed by atoms with Gasteiger partial charge in [-0.1, -0.05) is 43.2 Å². The number of hydrogen-bond acceptors (Lipinski definition) is 2. The highest BCUT2D eigenvalue weighted by molar-refractivity contribution is 6.07. The third-order valence-electron chi connectivity index (χ3n) is 9.70. The van der Waals surface area contributed by atoms with Crippen molar-refractivity contribution in [1.82, 2.24) is 0 Å². The highest BCUT2D eigenvalue weighted by atomic mass is 19.4. The van der Waals surface area contributed by atoms with E-state index in [9.17, 15) is 27.2 Å². The van der Waals surface area contributed by atoms with E-state index in [1.807, 2.05) is 13.8 Å². The number of Topliss-reactive ketones (excluding diaryl/α,β-unsaturated/α-hetero) is 2. The number of alkyl halides is 3. The van der Waals surface area contributed by atoms with Crippen LogP contribution in [0.5, 0.6) is 0 Å². The van der Waals surface area contributed by atoms with Crippen molar-refractivity contribution in [2.24, 2.45) is 22.7 Å². The van der Waals surface area contributed by atoms with Crippen molar-refractivity contribution in [3.63, 3.8) is 0 Å². The van der Waals surface area contributed by atoms with E-state index in [1.54, 1.807) is 12.1 Å². The molecule has 6 rings (SSSR count). The maximum atomic E-state index is 14.2. The summed E-state index contributed by atoms with van der Waals surface area (Å²) in [5, 5.41) is 0. The molecule has 2 aromatic rings. The van der Waals surface area contributed by atoms with Crippen LogP contribution in [0.4, 0.5) is 17.6 Å². The van der Waals surface area contributed by atoms with Gasteiger partial charge >= 0.3 is 6.18 Å². The minimum absolute atomic E-state index is 0.000325. The molecule has 0 saturated heterocycles. The summed E-state index contributed by atoms with van der Waals surface area (Å²) in [5.74, 6) is -1.93. The lowest BCUT2D eigenvalue weighted by Gasteiger charge is -2.57. The minimum atomic E-state index is -4.51. The molecule has 4 aliphatic rings. The van der Waals surface area contributed by atoms with Gasteiger partial charge < -0.3 is 0 Å². The van der Waals surface area contributed by atoms with Gasteiger partial charge in [-0.3, -0.25) is 9.59 Å². The maximum absolute atomic E-state index is 14.2. The number of halogens is 4. The molecule has 5 unspecified atom stereocenters. The lowest BCUT2D eigenvalue weighted by atomic mass is 9.45. The molecule has 1 spiro atoms. The van der Waals surface area contributed by atoms with Gasteiger partial charge in [-0.2, -0.15) is 13.2 Å². The topological polar surface area (TPSA) is 34.1 Å². The summed E-state index contributed by atoms with van der Waals surface area (Å²) in [7, 11) is 0. The molecule has 2 nitrogen and oxygen atoms in total. The fourth-order valence-electron chi connectivity index (χ4n) is 7.85. The number of benzene rings is 2. The van der Waals surface area contributed by atoms with Crippen molar-refractivity contribution in [2.75, 3.05) is 0 Å². The fraction of sp³-hybridized carbons (Fsp3) is 0.467. The summed E-state index contributed by atoms with van der Waals surface area (Å²) < 4.78 is 54.5. The molecule has 0 heterocycles. The molecule has 188 valence electrons. The predicted molar refractivity (Wildman–Crippen MR) is 127 cm³/mol. The monoisotopic (exact) mass is 496 g/mol. The van der Waals surface area contributed by atoms with Crippen molar-refractivity contribution in [3.8, 4) is 0 Å². The second-order valence-electron chi connectivity index (χ2n) is 11.6. The Kier molecular flexibility index (Phi) is 5.00. The van der Waals surface area contributed by atoms with Crippen LogP contribution in [0.1, 0.15) is 84.8 Å². The first-order chi connectivity index (χ1) is 16.9. The van der Waals surface area contributed by atoms with E-state index in [1.165, 1.54) is 18.2 Å². The quantitative estimate of drug-likeness (QED) is 0.300. The first kappa shape index (κ1) is 23.6. The maximum Gasteiger partial charge on any atom is 0.416 e. The van der Waals surface area contributed by atoms with Crippen LogP contribution in [0.2, 0.25) is 0 Å². The zero-order valence-corrected chi connectivity index (χ0v) is 20.3. The minimum Gasteiger partial charge on any atom is -0.299 e. The van der Waals surface area contributed by atoms with Gasteiger partial charge in [0.05, 0.1) is 11.0 Å². The predicted octanol–water partition coefficient (Wildman–Crippen LogP) is 7.64. The van der Waals surface area contributed by atoms with E-state index < -0.39 is 40.7 Å². The normalized spacial score (nSPS) is 32.8. The Morgan fingerprint density at radius 2 is 1.69 bits per heavy atom. The van der Waals surface area contributed by atoms with Crippen LogP contribution in [0.15, 0.2) is 54.1 Å². The van der Waals surface area contributed by atoms with Crippen molar-refractivity contribution >= 4 is 11.6 Å². The number of allylic oxidation sites excluding steroid dienone is 2. The lowest BCUT2D eigenvalue weighted by molar-refractivity contribution is -0.138. The summed E-state index contributed by atoms with van der Waals surface area (Å²) in [5.41, 5.74) is 0.308. The third-order valence-corrected chi connectivity index (χ3v) is 9.70. The number of rotatable bonds is 1. The highest BCUT2D eigenvalue weighted by Crippen LogP contribution is 2.65. The Morgan fingerprint density at radius 1 is 1.00 bits per heavy atom. The van der Waals surface area contributed by atoms with Crippen molar-refractivity contribution in [2.45, 2.75) is 64.0 Å². The van der Waals surface area contributed by atoms with Crippen LogP contribution in [0, 0.1) is 28.5 Å². The molecule has 6 heteroatoms. The molecule has 0 N–H and O–H groups in total. The summed E-state index contributed by atoms with van der Waals surface area (Å²) in [4.78, 5) is 28.0. The van der Waals surface area contributed by atoms with E-state index in [2.05, 4.69) is 6.08 Å². The fourth-order valence-corrected chi connectivity index (χ4v) is 7.85. The van der Waals surface area contributed by atoms with E-state index in [4.69, 9.17) is 0 Å². The average molecular weight is 497 g/mol. The second kappa shape index (κ2) is 7.62. The summed E-state index contributed by atoms with van der Waals surface area (Å²) >= 11 is 0. The summed E-state index contributed by atoms with van der Waals surface area (Å²) in [6, 6.07) is 9.39. The first-order valence-corrected chi connectivity index (χ1v) is 12.7. The molecular formula is C30H28F4O2. The second-order valence-corrected chi connectivity index (χ2v) is 11.6. The Morgan fingerprint density at radius 3 is 2.31 bits per heavy atom. The van der Waals surface area contributed by atoms with Gasteiger partial charge in [0.1, 0.15) is 11.6 Å². The van der Waals surface area contributed by atoms with Crippen LogP contribution in [-0.4, -0.2) is 11.6 Å². The number of carbonyl (C=O) groups excluding carboxylic acids is 2. The van der Waals surface area contributed by atoms with Gasteiger partial charge in [0.25, 0.3) is 0 Å². The molecule has 4 aliphatic carbocycles. The molecular weight excluding hydrogens is 468 g/mol. The van der Waals surface area contributed by atoms with Gasteiger partial charge in [-0.25, -0.2) is 4.39 Å². The van der Waals surface area contributed by atoms with Crippen LogP contribution >= 0.6 is 0 Å². The Labute approximate surface area is 207 Å². The molecule has 36 heavy (non-hydrogen) atoms. The number of fused-ring (bicyclic) bond motifs is 3. The molecule has 0 amide bonds. The highest BCUT2D eigenvalue weighted by Gasteiger charge is 2.61. The molecule has 2 fully saturated rings. The molecule has 2 saturated carbocycles. The number of ketones is 2. The van der Waals surface area contributed by atoms with E-state index >= 15 is 0 Å². The average Bonchev–Trinajstić information content (AvgIpc) is 2.81. The molecule has 5 atom stereocenters. The molecule has 0 aromatic heterocycles. The molecule has 2 aromatic carbocycles. The van der Waals surface area contributed by atoms with Gasteiger partial charge in [0.15, 0.2) is 5.78 Å². The van der Waals surface area contributed by atoms with Gasteiger partial charge in [0, 0.05) is 29.7 Å². The van der Waals surface area contributed by atoms with E-state index in [0.29, 0.717) is 12.0 Å². The van der Waals surface area contributed by atoms with Crippen molar-refractivity contribution in [1.29, 1.82) is 0 Å².